The van der Waals surface area contributed by atoms with Crippen LogP contribution in [0.25, 0.3) is 0 Å². The summed E-state index contributed by atoms with van der Waals surface area (Å²) in [7, 11) is 0. The summed E-state index contributed by atoms with van der Waals surface area (Å²) < 4.78 is 5.47. The Kier molecular flexibility index (Phi) is 4.87. The van der Waals surface area contributed by atoms with Crippen LogP contribution >= 0.6 is 12.2 Å². The van der Waals surface area contributed by atoms with Crippen molar-refractivity contribution in [2.75, 3.05) is 13.2 Å². The molecule has 1 saturated heterocycles. The Labute approximate surface area is 118 Å². The number of hydrogen-bond acceptors (Lipinski definition) is 3. The molecule has 1 aliphatic rings. The fourth-order valence-corrected chi connectivity index (χ4v) is 2.46. The zero-order valence-corrected chi connectivity index (χ0v) is 11.5. The first-order valence-corrected chi connectivity index (χ1v) is 6.83. The van der Waals surface area contributed by atoms with Gasteiger partial charge in [-0.05, 0) is 18.4 Å². The summed E-state index contributed by atoms with van der Waals surface area (Å²) in [5.41, 5.74) is 6.51. The van der Waals surface area contributed by atoms with E-state index in [0.29, 0.717) is 6.54 Å². The number of carbonyl (C=O) groups excluding carboxylic acids is 1. The van der Waals surface area contributed by atoms with Crippen molar-refractivity contribution in [3.8, 4) is 0 Å². The predicted octanol–water partition coefficient (Wildman–Crippen LogP) is 1.35. The van der Waals surface area contributed by atoms with Gasteiger partial charge in [0.15, 0.2) is 0 Å². The molecule has 1 aliphatic heterocycles. The van der Waals surface area contributed by atoms with Crippen LogP contribution in [0.4, 0.5) is 0 Å². The molecule has 2 atom stereocenters. The number of nitrogens with two attached hydrogens (primary N) is 1. The number of amides is 1. The van der Waals surface area contributed by atoms with Gasteiger partial charge in [-0.1, -0.05) is 42.5 Å². The van der Waals surface area contributed by atoms with Gasteiger partial charge in [0.2, 0.25) is 5.91 Å². The Hall–Kier alpha value is -1.46. The van der Waals surface area contributed by atoms with Crippen molar-refractivity contribution >= 4 is 23.1 Å². The van der Waals surface area contributed by atoms with Crippen LogP contribution < -0.4 is 11.1 Å². The first kappa shape index (κ1) is 14.0. The summed E-state index contributed by atoms with van der Waals surface area (Å²) in [5, 5.41) is 2.87. The van der Waals surface area contributed by atoms with Gasteiger partial charge in [0, 0.05) is 13.2 Å². The maximum absolute atomic E-state index is 12.2. The Balaban J connectivity index is 1.98. The molecule has 102 valence electrons. The van der Waals surface area contributed by atoms with E-state index in [2.05, 4.69) is 5.32 Å². The van der Waals surface area contributed by atoms with Gasteiger partial charge in [-0.25, -0.2) is 0 Å². The topological polar surface area (TPSA) is 64.4 Å². The minimum absolute atomic E-state index is 0.117. The maximum atomic E-state index is 12.2. The third-order valence-corrected chi connectivity index (χ3v) is 3.44. The number of benzene rings is 1. The van der Waals surface area contributed by atoms with E-state index in [1.807, 2.05) is 30.3 Å². The molecule has 1 aromatic rings. The molecule has 5 heteroatoms. The van der Waals surface area contributed by atoms with Crippen LogP contribution in [0.5, 0.6) is 0 Å². The second kappa shape index (κ2) is 6.63. The van der Waals surface area contributed by atoms with Gasteiger partial charge < -0.3 is 15.8 Å². The van der Waals surface area contributed by atoms with E-state index in [0.717, 1.165) is 25.0 Å². The van der Waals surface area contributed by atoms with E-state index in [-0.39, 0.29) is 17.0 Å². The van der Waals surface area contributed by atoms with Gasteiger partial charge in [0.1, 0.15) is 5.92 Å². The third-order valence-electron chi connectivity index (χ3n) is 3.21. The fourth-order valence-electron chi connectivity index (χ4n) is 2.21. The lowest BCUT2D eigenvalue weighted by Gasteiger charge is -2.17. The highest BCUT2D eigenvalue weighted by Gasteiger charge is 2.24. The van der Waals surface area contributed by atoms with E-state index in [4.69, 9.17) is 22.7 Å². The normalized spacial score (nSPS) is 19.9. The summed E-state index contributed by atoms with van der Waals surface area (Å²) in [6.45, 7) is 1.29. The minimum Gasteiger partial charge on any atom is -0.392 e. The molecule has 0 aliphatic carbocycles. The first-order chi connectivity index (χ1) is 9.18. The van der Waals surface area contributed by atoms with Crippen LogP contribution in [0, 0.1) is 0 Å². The number of carbonyl (C=O) groups is 1. The maximum Gasteiger partial charge on any atom is 0.234 e. The summed E-state index contributed by atoms with van der Waals surface area (Å²) >= 11 is 5.01. The van der Waals surface area contributed by atoms with Crippen LogP contribution in [-0.2, 0) is 9.53 Å². The number of ether oxygens (including phenoxy) is 1. The fraction of sp³-hybridized carbons (Fsp3) is 0.429. The molecule has 1 heterocycles. The van der Waals surface area contributed by atoms with Gasteiger partial charge in [0.05, 0.1) is 11.1 Å². The van der Waals surface area contributed by atoms with Crippen LogP contribution in [-0.4, -0.2) is 30.2 Å². The average molecular weight is 278 g/mol. The van der Waals surface area contributed by atoms with Crippen molar-refractivity contribution in [1.29, 1.82) is 0 Å². The zero-order valence-electron chi connectivity index (χ0n) is 10.7. The third kappa shape index (κ3) is 3.75. The van der Waals surface area contributed by atoms with E-state index in [1.165, 1.54) is 0 Å². The highest BCUT2D eigenvalue weighted by atomic mass is 32.1. The molecule has 1 aromatic carbocycles. The second-order valence-electron chi connectivity index (χ2n) is 4.63. The lowest BCUT2D eigenvalue weighted by atomic mass is 9.98. The molecule has 0 spiro atoms. The Morgan fingerprint density at radius 1 is 1.47 bits per heavy atom. The molecule has 0 bridgehead atoms. The van der Waals surface area contributed by atoms with E-state index in [9.17, 15) is 4.79 Å². The van der Waals surface area contributed by atoms with Gasteiger partial charge in [-0.15, -0.1) is 0 Å². The van der Waals surface area contributed by atoms with Crippen LogP contribution in [0.1, 0.15) is 24.3 Å². The lowest BCUT2D eigenvalue weighted by molar-refractivity contribution is -0.121. The van der Waals surface area contributed by atoms with Gasteiger partial charge in [0.25, 0.3) is 0 Å². The van der Waals surface area contributed by atoms with Crippen molar-refractivity contribution in [1.82, 2.24) is 5.32 Å². The summed E-state index contributed by atoms with van der Waals surface area (Å²) in [5.74, 6) is -0.730. The van der Waals surface area contributed by atoms with Crippen molar-refractivity contribution in [2.24, 2.45) is 5.73 Å². The molecule has 0 radical (unpaired) electrons. The smallest absolute Gasteiger partial charge is 0.234 e. The summed E-state index contributed by atoms with van der Waals surface area (Å²) in [4.78, 5) is 12.4. The largest absolute Gasteiger partial charge is 0.392 e. The highest BCUT2D eigenvalue weighted by molar-refractivity contribution is 7.80. The predicted molar refractivity (Wildman–Crippen MR) is 78.0 cm³/mol. The van der Waals surface area contributed by atoms with Gasteiger partial charge in [-0.3, -0.25) is 4.79 Å². The molecule has 3 N–H and O–H groups in total. The Morgan fingerprint density at radius 3 is 2.79 bits per heavy atom. The summed E-state index contributed by atoms with van der Waals surface area (Å²) in [6, 6.07) is 9.34. The number of nitrogens with one attached hydrogen (secondary N) is 1. The second-order valence-corrected chi connectivity index (χ2v) is 5.10. The average Bonchev–Trinajstić information content (AvgIpc) is 2.90. The quantitative estimate of drug-likeness (QED) is 0.798. The number of hydrogen-bond donors (Lipinski definition) is 2. The zero-order chi connectivity index (χ0) is 13.7. The molecule has 0 saturated carbocycles. The van der Waals surface area contributed by atoms with E-state index in [1.54, 1.807) is 0 Å². The van der Waals surface area contributed by atoms with Crippen LogP contribution in [0.3, 0.4) is 0 Å². The number of rotatable bonds is 5. The Bertz CT molecular complexity index is 444. The highest BCUT2D eigenvalue weighted by Crippen LogP contribution is 2.17. The molecule has 0 aromatic heterocycles. The van der Waals surface area contributed by atoms with E-state index >= 15 is 0 Å². The minimum atomic E-state index is -0.572. The molecule has 19 heavy (non-hydrogen) atoms. The SMILES string of the molecule is NC(=S)C(C(=O)NCC1CCCO1)c1ccccc1. The molecular weight excluding hydrogens is 260 g/mol. The molecule has 2 unspecified atom stereocenters. The first-order valence-electron chi connectivity index (χ1n) is 6.42. The van der Waals surface area contributed by atoms with Crippen LogP contribution in [0.15, 0.2) is 30.3 Å². The van der Waals surface area contributed by atoms with Gasteiger partial charge >= 0.3 is 0 Å². The summed E-state index contributed by atoms with van der Waals surface area (Å²) in [6.07, 6.45) is 2.16. The molecule has 1 amide bonds. The van der Waals surface area contributed by atoms with Crippen molar-refractivity contribution < 1.29 is 9.53 Å². The molecule has 4 nitrogen and oxygen atoms in total. The van der Waals surface area contributed by atoms with Crippen molar-refractivity contribution in [3.63, 3.8) is 0 Å². The molecule has 1 fully saturated rings. The molecular formula is C14H18N2O2S. The number of thiocarbonyl (C=S) groups is 1. The van der Waals surface area contributed by atoms with Gasteiger partial charge in [-0.2, -0.15) is 0 Å². The van der Waals surface area contributed by atoms with Crippen molar-refractivity contribution in [2.45, 2.75) is 24.9 Å². The van der Waals surface area contributed by atoms with Crippen LogP contribution in [0.2, 0.25) is 0 Å². The molecule has 2 rings (SSSR count). The monoisotopic (exact) mass is 278 g/mol. The lowest BCUT2D eigenvalue weighted by Crippen LogP contribution is -2.39. The standard InChI is InChI=1S/C14H18N2O2S/c15-13(19)12(10-5-2-1-3-6-10)14(17)16-9-11-7-4-8-18-11/h1-3,5-6,11-12H,4,7-9H2,(H2,15,19)(H,16,17). The van der Waals surface area contributed by atoms with Crippen molar-refractivity contribution in [3.05, 3.63) is 35.9 Å². The Morgan fingerprint density at radius 2 is 2.21 bits per heavy atom. The van der Waals surface area contributed by atoms with E-state index < -0.39 is 5.92 Å².